The van der Waals surface area contributed by atoms with Gasteiger partial charge in [0.15, 0.2) is 6.61 Å². The predicted molar refractivity (Wildman–Crippen MR) is 59.4 cm³/mol. The molecule has 2 rings (SSSR count). The lowest BCUT2D eigenvalue weighted by atomic mass is 10.3. The maximum atomic E-state index is 5.49. The van der Waals surface area contributed by atoms with Crippen molar-refractivity contribution in [3.63, 3.8) is 0 Å². The van der Waals surface area contributed by atoms with Crippen molar-refractivity contribution in [2.75, 3.05) is 12.4 Å². The monoisotopic (exact) mass is 219 g/mol. The van der Waals surface area contributed by atoms with Gasteiger partial charge in [-0.25, -0.2) is 0 Å². The Bertz CT molecular complexity index is 451. The number of ether oxygens (including phenoxy) is 1. The van der Waals surface area contributed by atoms with Gasteiger partial charge in [-0.1, -0.05) is 5.16 Å². The molecule has 1 aromatic carbocycles. The number of nitrogens with one attached hydrogen (secondary N) is 1. The van der Waals surface area contributed by atoms with Crippen molar-refractivity contribution in [1.82, 2.24) is 10.1 Å². The first-order valence-electron chi connectivity index (χ1n) is 4.98. The van der Waals surface area contributed by atoms with Crippen LogP contribution >= 0.6 is 0 Å². The van der Waals surface area contributed by atoms with Gasteiger partial charge >= 0.3 is 0 Å². The largest absolute Gasteiger partial charge is 0.485 e. The molecule has 0 atom stereocenters. The van der Waals surface area contributed by atoms with E-state index in [1.165, 1.54) is 0 Å². The number of anilines is 1. The van der Waals surface area contributed by atoms with Crippen LogP contribution in [-0.2, 0) is 6.61 Å². The minimum Gasteiger partial charge on any atom is -0.485 e. The molecule has 0 radical (unpaired) electrons. The summed E-state index contributed by atoms with van der Waals surface area (Å²) >= 11 is 0. The Hall–Kier alpha value is -2.04. The fourth-order valence-corrected chi connectivity index (χ4v) is 1.27. The summed E-state index contributed by atoms with van der Waals surface area (Å²) in [6, 6.07) is 7.66. The van der Waals surface area contributed by atoms with Crippen LogP contribution in [0.15, 0.2) is 28.8 Å². The van der Waals surface area contributed by atoms with Gasteiger partial charge in [-0.15, -0.1) is 0 Å². The Labute approximate surface area is 93.4 Å². The molecule has 0 bridgehead atoms. The van der Waals surface area contributed by atoms with Gasteiger partial charge < -0.3 is 14.6 Å². The zero-order chi connectivity index (χ0) is 11.4. The topological polar surface area (TPSA) is 60.2 Å². The molecule has 0 unspecified atom stereocenters. The van der Waals surface area contributed by atoms with Crippen molar-refractivity contribution in [2.45, 2.75) is 13.5 Å². The lowest BCUT2D eigenvalue weighted by molar-refractivity contribution is 0.286. The summed E-state index contributed by atoms with van der Waals surface area (Å²) in [5.74, 6) is 1.88. The summed E-state index contributed by atoms with van der Waals surface area (Å²) in [4.78, 5) is 4.04. The molecule has 16 heavy (non-hydrogen) atoms. The normalized spacial score (nSPS) is 10.1. The van der Waals surface area contributed by atoms with E-state index >= 15 is 0 Å². The molecular weight excluding hydrogens is 206 g/mol. The SMILES string of the molecule is CNc1ccc(OCc2noc(C)n2)cc1. The van der Waals surface area contributed by atoms with Crippen LogP contribution in [0.2, 0.25) is 0 Å². The Morgan fingerprint density at radius 2 is 2.06 bits per heavy atom. The molecule has 1 N–H and O–H groups in total. The van der Waals surface area contributed by atoms with Crippen LogP contribution in [0.3, 0.4) is 0 Å². The molecule has 0 fully saturated rings. The van der Waals surface area contributed by atoms with Gasteiger partial charge in [0, 0.05) is 19.7 Å². The second-order valence-corrected chi connectivity index (χ2v) is 3.29. The Morgan fingerprint density at radius 1 is 1.31 bits per heavy atom. The average molecular weight is 219 g/mol. The number of benzene rings is 1. The van der Waals surface area contributed by atoms with Crippen LogP contribution in [0.4, 0.5) is 5.69 Å². The second kappa shape index (κ2) is 4.65. The van der Waals surface area contributed by atoms with Crippen molar-refractivity contribution in [3.8, 4) is 5.75 Å². The van der Waals surface area contributed by atoms with Gasteiger partial charge in [-0.2, -0.15) is 4.98 Å². The molecule has 1 heterocycles. The fourth-order valence-electron chi connectivity index (χ4n) is 1.27. The summed E-state index contributed by atoms with van der Waals surface area (Å²) in [6.07, 6.45) is 0. The quantitative estimate of drug-likeness (QED) is 0.852. The highest BCUT2D eigenvalue weighted by Crippen LogP contribution is 2.15. The van der Waals surface area contributed by atoms with Crippen molar-refractivity contribution < 1.29 is 9.26 Å². The Kier molecular flexibility index (Phi) is 3.05. The smallest absolute Gasteiger partial charge is 0.223 e. The summed E-state index contributed by atoms with van der Waals surface area (Å²) in [6.45, 7) is 2.06. The van der Waals surface area contributed by atoms with E-state index in [0.29, 0.717) is 18.3 Å². The summed E-state index contributed by atoms with van der Waals surface area (Å²) in [5, 5.41) is 6.78. The van der Waals surface area contributed by atoms with Gasteiger partial charge in [-0.3, -0.25) is 0 Å². The van der Waals surface area contributed by atoms with Crippen molar-refractivity contribution in [3.05, 3.63) is 36.0 Å². The molecule has 1 aromatic heterocycles. The first-order valence-corrected chi connectivity index (χ1v) is 4.98. The molecule has 0 amide bonds. The standard InChI is InChI=1S/C11H13N3O2/c1-8-13-11(14-16-8)7-15-10-5-3-9(12-2)4-6-10/h3-6,12H,7H2,1-2H3. The van der Waals surface area contributed by atoms with Crippen molar-refractivity contribution >= 4 is 5.69 Å². The van der Waals surface area contributed by atoms with E-state index in [1.807, 2.05) is 31.3 Å². The fraction of sp³-hybridized carbons (Fsp3) is 0.273. The van der Waals surface area contributed by atoms with Crippen LogP contribution < -0.4 is 10.1 Å². The molecule has 5 nitrogen and oxygen atoms in total. The maximum absolute atomic E-state index is 5.49. The molecule has 0 aliphatic heterocycles. The van der Waals surface area contributed by atoms with Crippen LogP contribution in [0, 0.1) is 6.92 Å². The van der Waals surface area contributed by atoms with Gasteiger partial charge in [0.25, 0.3) is 0 Å². The predicted octanol–water partition coefficient (Wildman–Crippen LogP) is 2.00. The van der Waals surface area contributed by atoms with Crippen molar-refractivity contribution in [2.24, 2.45) is 0 Å². The van der Waals surface area contributed by atoms with E-state index < -0.39 is 0 Å². The zero-order valence-electron chi connectivity index (χ0n) is 9.23. The zero-order valence-corrected chi connectivity index (χ0v) is 9.23. The van der Waals surface area contributed by atoms with E-state index in [2.05, 4.69) is 15.5 Å². The van der Waals surface area contributed by atoms with Crippen LogP contribution in [0.25, 0.3) is 0 Å². The molecule has 2 aromatic rings. The minimum absolute atomic E-state index is 0.316. The Morgan fingerprint density at radius 3 is 2.62 bits per heavy atom. The maximum Gasteiger partial charge on any atom is 0.223 e. The van der Waals surface area contributed by atoms with Crippen LogP contribution in [0.5, 0.6) is 5.75 Å². The number of rotatable bonds is 4. The average Bonchev–Trinajstić information content (AvgIpc) is 2.73. The lowest BCUT2D eigenvalue weighted by Crippen LogP contribution is -1.97. The van der Waals surface area contributed by atoms with Crippen LogP contribution in [0.1, 0.15) is 11.7 Å². The highest BCUT2D eigenvalue weighted by molar-refractivity contribution is 5.45. The third-order valence-corrected chi connectivity index (χ3v) is 2.08. The molecule has 0 saturated carbocycles. The molecule has 84 valence electrons. The molecule has 5 heteroatoms. The van der Waals surface area contributed by atoms with Gasteiger partial charge in [0.2, 0.25) is 11.7 Å². The van der Waals surface area contributed by atoms with Gasteiger partial charge in [0.05, 0.1) is 0 Å². The third kappa shape index (κ3) is 2.50. The molecule has 0 saturated heterocycles. The highest BCUT2D eigenvalue weighted by atomic mass is 16.5. The van der Waals surface area contributed by atoms with E-state index in [4.69, 9.17) is 9.26 Å². The van der Waals surface area contributed by atoms with E-state index in [9.17, 15) is 0 Å². The van der Waals surface area contributed by atoms with Gasteiger partial charge in [-0.05, 0) is 24.3 Å². The molecular formula is C11H13N3O2. The first-order chi connectivity index (χ1) is 7.78. The highest BCUT2D eigenvalue weighted by Gasteiger charge is 2.02. The lowest BCUT2D eigenvalue weighted by Gasteiger charge is -2.04. The number of hydrogen-bond donors (Lipinski definition) is 1. The van der Waals surface area contributed by atoms with Crippen LogP contribution in [-0.4, -0.2) is 17.2 Å². The summed E-state index contributed by atoms with van der Waals surface area (Å²) < 4.78 is 10.3. The van der Waals surface area contributed by atoms with E-state index in [-0.39, 0.29) is 0 Å². The van der Waals surface area contributed by atoms with E-state index in [1.54, 1.807) is 6.92 Å². The second-order valence-electron chi connectivity index (χ2n) is 3.29. The van der Waals surface area contributed by atoms with Gasteiger partial charge in [0.1, 0.15) is 5.75 Å². The molecule has 0 aliphatic rings. The summed E-state index contributed by atoms with van der Waals surface area (Å²) in [7, 11) is 1.87. The minimum atomic E-state index is 0.316. The number of nitrogens with zero attached hydrogens (tertiary/aromatic N) is 2. The first kappa shape index (κ1) is 10.5. The third-order valence-electron chi connectivity index (χ3n) is 2.08. The number of hydrogen-bond acceptors (Lipinski definition) is 5. The summed E-state index contributed by atoms with van der Waals surface area (Å²) in [5.41, 5.74) is 1.04. The number of aromatic nitrogens is 2. The molecule has 0 spiro atoms. The Balaban J connectivity index is 1.94. The molecule has 0 aliphatic carbocycles. The number of aryl methyl sites for hydroxylation is 1. The van der Waals surface area contributed by atoms with Crippen molar-refractivity contribution in [1.29, 1.82) is 0 Å². The van der Waals surface area contributed by atoms with E-state index in [0.717, 1.165) is 11.4 Å².